The highest BCUT2D eigenvalue weighted by Gasteiger charge is 2.76. The average Bonchev–Trinajstić information content (AvgIpc) is 2.90. The van der Waals surface area contributed by atoms with Crippen LogP contribution in [0, 0.1) is 28.6 Å². The lowest BCUT2D eigenvalue weighted by molar-refractivity contribution is -0.357. The van der Waals surface area contributed by atoms with Gasteiger partial charge in [0.25, 0.3) is 0 Å². The third-order valence-electron chi connectivity index (χ3n) is 11.2. The van der Waals surface area contributed by atoms with Crippen LogP contribution < -0.4 is 0 Å². The lowest BCUT2D eigenvalue weighted by atomic mass is 9.42. The Morgan fingerprint density at radius 2 is 1.75 bits per heavy atom. The number of carbonyl (C=O) groups is 2. The second-order valence-electron chi connectivity index (χ2n) is 13.3. The first-order chi connectivity index (χ1) is 18.7. The molecule has 1 saturated heterocycles. The van der Waals surface area contributed by atoms with Gasteiger partial charge in [-0.2, -0.15) is 0 Å². The van der Waals surface area contributed by atoms with Gasteiger partial charge in [0.1, 0.15) is 17.8 Å². The van der Waals surface area contributed by atoms with Gasteiger partial charge >= 0.3 is 11.9 Å². The maximum Gasteiger partial charge on any atom is 0.338 e. The van der Waals surface area contributed by atoms with Gasteiger partial charge in [-0.3, -0.25) is 4.79 Å². The Morgan fingerprint density at radius 3 is 2.30 bits per heavy atom. The number of benzene rings is 1. The number of hydrogen-bond acceptors (Lipinski definition) is 8. The Balaban J connectivity index is 1.81. The highest BCUT2D eigenvalue weighted by molar-refractivity contribution is 5.89. The summed E-state index contributed by atoms with van der Waals surface area (Å²) in [5.74, 6) is -2.30. The van der Waals surface area contributed by atoms with Crippen LogP contribution in [0.2, 0.25) is 0 Å². The molecule has 8 heteroatoms. The fourth-order valence-electron chi connectivity index (χ4n) is 8.96. The molecule has 0 radical (unpaired) electrons. The zero-order valence-corrected chi connectivity index (χ0v) is 24.9. The molecule has 4 aliphatic rings. The molecule has 2 bridgehead atoms. The highest BCUT2D eigenvalue weighted by atomic mass is 16.6. The number of rotatable bonds is 4. The van der Waals surface area contributed by atoms with E-state index in [1.54, 1.807) is 31.4 Å². The van der Waals surface area contributed by atoms with Crippen molar-refractivity contribution in [2.24, 2.45) is 28.6 Å². The third-order valence-corrected chi connectivity index (χ3v) is 11.2. The molecule has 2 N–H and O–H groups in total. The lowest BCUT2D eigenvalue weighted by Crippen LogP contribution is -2.80. The second kappa shape index (κ2) is 9.65. The van der Waals surface area contributed by atoms with Crippen LogP contribution in [0.15, 0.2) is 41.5 Å². The van der Waals surface area contributed by atoms with E-state index < -0.39 is 64.3 Å². The number of carbonyl (C=O) groups excluding carboxylic acids is 2. The van der Waals surface area contributed by atoms with E-state index in [0.717, 1.165) is 11.1 Å². The van der Waals surface area contributed by atoms with E-state index in [1.807, 2.05) is 40.7 Å². The molecule has 3 fully saturated rings. The number of hydrogen-bond donors (Lipinski definition) is 2. The molecule has 1 aromatic carbocycles. The van der Waals surface area contributed by atoms with Crippen LogP contribution in [0.1, 0.15) is 71.7 Å². The average molecular weight is 557 g/mol. The maximum atomic E-state index is 13.8. The van der Waals surface area contributed by atoms with Crippen molar-refractivity contribution in [1.29, 1.82) is 0 Å². The number of fused-ring (bicyclic) bond motifs is 5. The summed E-state index contributed by atoms with van der Waals surface area (Å²) < 4.78 is 24.5. The van der Waals surface area contributed by atoms with Gasteiger partial charge in [0, 0.05) is 37.2 Å². The van der Waals surface area contributed by atoms with Gasteiger partial charge < -0.3 is 29.2 Å². The smallest absolute Gasteiger partial charge is 0.338 e. The predicted molar refractivity (Wildman–Crippen MR) is 147 cm³/mol. The number of aliphatic hydroxyl groups is 2. The molecule has 1 aromatic rings. The first-order valence-electron chi connectivity index (χ1n) is 14.4. The fraction of sp³-hybridized carbons (Fsp3) is 0.688. The van der Waals surface area contributed by atoms with Crippen LogP contribution in [0.25, 0.3) is 0 Å². The van der Waals surface area contributed by atoms with Crippen LogP contribution >= 0.6 is 0 Å². The normalized spacial score (nSPS) is 43.8. The largest absolute Gasteiger partial charge is 0.455 e. The fourth-order valence-corrected chi connectivity index (χ4v) is 8.96. The minimum absolute atomic E-state index is 0.0939. The molecule has 40 heavy (non-hydrogen) atoms. The van der Waals surface area contributed by atoms with Crippen LogP contribution in [0.4, 0.5) is 0 Å². The summed E-state index contributed by atoms with van der Waals surface area (Å²) >= 11 is 0. The quantitative estimate of drug-likeness (QED) is 0.422. The predicted octanol–water partition coefficient (Wildman–Crippen LogP) is 4.08. The Kier molecular flexibility index (Phi) is 7.05. The lowest BCUT2D eigenvalue weighted by Gasteiger charge is -2.70. The topological polar surface area (TPSA) is 112 Å². The number of esters is 2. The van der Waals surface area contributed by atoms with Crippen LogP contribution in [0.3, 0.4) is 0 Å². The van der Waals surface area contributed by atoms with Crippen molar-refractivity contribution < 1.29 is 38.7 Å². The highest BCUT2D eigenvalue weighted by Crippen LogP contribution is 2.67. The molecule has 5 rings (SSSR count). The molecule has 1 heterocycles. The van der Waals surface area contributed by atoms with Crippen molar-refractivity contribution in [3.8, 4) is 0 Å². The van der Waals surface area contributed by atoms with E-state index in [0.29, 0.717) is 12.0 Å². The summed E-state index contributed by atoms with van der Waals surface area (Å²) in [7, 11) is 1.60. The molecule has 0 aromatic heterocycles. The van der Waals surface area contributed by atoms with Gasteiger partial charge in [-0.25, -0.2) is 4.79 Å². The van der Waals surface area contributed by atoms with Crippen LogP contribution in [-0.4, -0.2) is 71.5 Å². The van der Waals surface area contributed by atoms with E-state index in [1.165, 1.54) is 6.92 Å². The summed E-state index contributed by atoms with van der Waals surface area (Å²) in [6.45, 7) is 13.4. The summed E-state index contributed by atoms with van der Waals surface area (Å²) in [4.78, 5) is 26.4. The number of ether oxygens (including phenoxy) is 4. The molecule has 0 spiro atoms. The van der Waals surface area contributed by atoms with Crippen molar-refractivity contribution in [3.05, 3.63) is 47.0 Å². The minimum Gasteiger partial charge on any atom is -0.455 e. The van der Waals surface area contributed by atoms with Crippen molar-refractivity contribution in [2.75, 3.05) is 13.7 Å². The monoisotopic (exact) mass is 556 g/mol. The molecule has 10 atom stereocenters. The summed E-state index contributed by atoms with van der Waals surface area (Å²) in [6.07, 6.45) is -2.23. The summed E-state index contributed by atoms with van der Waals surface area (Å²) in [6, 6.07) is 8.68. The molecule has 0 amide bonds. The van der Waals surface area contributed by atoms with Crippen LogP contribution in [-0.2, 0) is 23.7 Å². The van der Waals surface area contributed by atoms with E-state index in [9.17, 15) is 19.8 Å². The molecule has 2 saturated carbocycles. The van der Waals surface area contributed by atoms with E-state index in [-0.39, 0.29) is 24.9 Å². The molecular weight excluding hydrogens is 512 g/mol. The maximum absolute atomic E-state index is 13.8. The Labute approximate surface area is 237 Å². The van der Waals surface area contributed by atoms with Gasteiger partial charge in [-0.05, 0) is 37.0 Å². The van der Waals surface area contributed by atoms with Crippen molar-refractivity contribution in [2.45, 2.75) is 96.9 Å². The Hall–Kier alpha value is -2.26. The molecule has 1 unspecified atom stereocenters. The first kappa shape index (κ1) is 29.2. The van der Waals surface area contributed by atoms with Gasteiger partial charge in [0.05, 0.1) is 30.3 Å². The van der Waals surface area contributed by atoms with E-state index in [4.69, 9.17) is 18.9 Å². The van der Waals surface area contributed by atoms with Gasteiger partial charge in [0.2, 0.25) is 0 Å². The van der Waals surface area contributed by atoms with Gasteiger partial charge in [-0.15, -0.1) is 0 Å². The first-order valence-corrected chi connectivity index (χ1v) is 14.4. The van der Waals surface area contributed by atoms with Gasteiger partial charge in [0.15, 0.2) is 5.60 Å². The number of aliphatic hydroxyl groups excluding tert-OH is 1. The summed E-state index contributed by atoms with van der Waals surface area (Å²) in [5.41, 5.74) is -2.42. The Bertz CT molecular complexity index is 1210. The van der Waals surface area contributed by atoms with E-state index in [2.05, 4.69) is 6.92 Å². The van der Waals surface area contributed by atoms with Gasteiger partial charge in [-0.1, -0.05) is 58.4 Å². The second-order valence-corrected chi connectivity index (χ2v) is 13.3. The zero-order chi connectivity index (χ0) is 29.4. The minimum atomic E-state index is -1.63. The zero-order valence-electron chi connectivity index (χ0n) is 24.9. The molecular formula is C32H44O8. The molecule has 3 aliphatic carbocycles. The van der Waals surface area contributed by atoms with Crippen molar-refractivity contribution in [1.82, 2.24) is 0 Å². The Morgan fingerprint density at radius 1 is 1.10 bits per heavy atom. The number of methoxy groups -OCH3 is 1. The molecule has 1 aliphatic heterocycles. The van der Waals surface area contributed by atoms with Crippen molar-refractivity contribution >= 4 is 11.9 Å². The SMILES string of the molecule is COC1C[C@@]2(O)[C@@H](OC(=O)c3ccccc3)[C@@H]3[C@]4(OC(C)=O)CO[C@@H]4C[C@H](C)[C@@]3(C)[C@@H](O)[C@@H](C)C(=C1C)C2(C)C. The molecule has 8 nitrogen and oxygen atoms in total. The standard InChI is InChI=1S/C32H44O8/c1-17-14-23-31(16-38-23,40-20(4)33)25-27(39-28(35)21-12-10-9-11-13-21)32(36)15-22(37-8)18(2)24(29(32,5)6)19(3)26(34)30(17,25)7/h9-13,17,19,22-23,25-27,34,36H,14-16H2,1-8H3/t17-,19-,22?,23+,25-,26-,27-,30+,31-,32+/m0/s1. The molecule has 220 valence electrons. The van der Waals surface area contributed by atoms with E-state index >= 15 is 0 Å². The summed E-state index contributed by atoms with van der Waals surface area (Å²) in [5, 5.41) is 25.5. The third kappa shape index (κ3) is 3.79. The van der Waals surface area contributed by atoms with Crippen LogP contribution in [0.5, 0.6) is 0 Å². The van der Waals surface area contributed by atoms with Crippen molar-refractivity contribution in [3.63, 3.8) is 0 Å².